The summed E-state index contributed by atoms with van der Waals surface area (Å²) in [4.78, 5) is 23.5. The van der Waals surface area contributed by atoms with Gasteiger partial charge in [0.1, 0.15) is 11.6 Å². The maximum Gasteiger partial charge on any atom is 0.273 e. The molecule has 2 amide bonds. The quantitative estimate of drug-likeness (QED) is 0.745. The monoisotopic (exact) mass is 308 g/mol. The summed E-state index contributed by atoms with van der Waals surface area (Å²) < 4.78 is 13.4. The molecule has 2 rings (SSSR count). The molecular weight excluding hydrogens is 299 g/mol. The molecule has 2 aromatic rings. The molecule has 0 aliphatic heterocycles. The maximum atomic E-state index is 13.4. The smallest absolute Gasteiger partial charge is 0.273 e. The minimum atomic E-state index is -0.817. The lowest BCUT2D eigenvalue weighted by Crippen LogP contribution is -2.42. The van der Waals surface area contributed by atoms with Gasteiger partial charge in [0.25, 0.3) is 11.8 Å². The van der Waals surface area contributed by atoms with Crippen molar-refractivity contribution in [1.82, 2.24) is 10.9 Å². The number of carbonyl (C=O) groups excluding carboxylic acids is 2. The summed E-state index contributed by atoms with van der Waals surface area (Å²) >= 11 is 5.71. The Morgan fingerprint density at radius 2 is 1.62 bits per heavy atom. The van der Waals surface area contributed by atoms with E-state index in [0.29, 0.717) is 0 Å². The number of hydrogen-bond acceptors (Lipinski definition) is 3. The topological polar surface area (TPSA) is 78.4 Å². The Kier molecular flexibility index (Phi) is 4.39. The zero-order valence-corrected chi connectivity index (χ0v) is 11.3. The van der Waals surface area contributed by atoms with Gasteiger partial charge in [0.15, 0.2) is 0 Å². The highest BCUT2D eigenvalue weighted by atomic mass is 35.5. The number of carbonyl (C=O) groups is 2. The van der Waals surface area contributed by atoms with E-state index in [1.54, 1.807) is 0 Å². The molecule has 0 saturated heterocycles. The molecule has 5 nitrogen and oxygen atoms in total. The predicted octanol–water partition coefficient (Wildman–Crippen LogP) is 2.26. The van der Waals surface area contributed by atoms with E-state index in [9.17, 15) is 19.1 Å². The molecule has 0 radical (unpaired) electrons. The molecule has 2 aromatic carbocycles. The molecular formula is C14H10ClFN2O3. The molecule has 0 unspecified atom stereocenters. The third-order valence-corrected chi connectivity index (χ3v) is 2.85. The van der Waals surface area contributed by atoms with Gasteiger partial charge in [-0.25, -0.2) is 4.39 Å². The normalized spacial score (nSPS) is 10.0. The van der Waals surface area contributed by atoms with E-state index in [1.165, 1.54) is 36.4 Å². The number of nitrogens with one attached hydrogen (secondary N) is 2. The molecule has 0 heterocycles. The summed E-state index contributed by atoms with van der Waals surface area (Å²) in [5.41, 5.74) is 3.79. The average molecular weight is 309 g/mol. The SMILES string of the molecule is O=C(NNC(=O)c1ccccc1F)c1cc(Cl)ccc1O. The minimum absolute atomic E-state index is 0.115. The first-order valence-electron chi connectivity index (χ1n) is 5.83. The van der Waals surface area contributed by atoms with Crippen molar-refractivity contribution >= 4 is 23.4 Å². The van der Waals surface area contributed by atoms with Gasteiger partial charge in [-0.1, -0.05) is 23.7 Å². The number of hydrazine groups is 1. The van der Waals surface area contributed by atoms with Crippen molar-refractivity contribution in [1.29, 1.82) is 0 Å². The summed E-state index contributed by atoms with van der Waals surface area (Å²) in [7, 11) is 0. The van der Waals surface area contributed by atoms with Crippen LogP contribution in [-0.2, 0) is 0 Å². The Hall–Kier alpha value is -2.60. The molecule has 0 aromatic heterocycles. The molecule has 0 aliphatic rings. The fraction of sp³-hybridized carbons (Fsp3) is 0. The lowest BCUT2D eigenvalue weighted by Gasteiger charge is -2.09. The van der Waals surface area contributed by atoms with E-state index in [4.69, 9.17) is 11.6 Å². The number of rotatable bonds is 2. The highest BCUT2D eigenvalue weighted by molar-refractivity contribution is 6.31. The van der Waals surface area contributed by atoms with Gasteiger partial charge < -0.3 is 5.11 Å². The Labute approximate surface area is 124 Å². The van der Waals surface area contributed by atoms with Crippen LogP contribution in [0.15, 0.2) is 42.5 Å². The van der Waals surface area contributed by atoms with Crippen LogP contribution in [0.25, 0.3) is 0 Å². The fourth-order valence-electron chi connectivity index (χ4n) is 1.58. The molecule has 0 spiro atoms. The lowest BCUT2D eigenvalue weighted by molar-refractivity contribution is 0.0842. The molecule has 0 aliphatic carbocycles. The number of halogens is 2. The summed E-state index contributed by atoms with van der Waals surface area (Å²) in [6.07, 6.45) is 0. The Balaban J connectivity index is 2.06. The molecule has 7 heteroatoms. The highest BCUT2D eigenvalue weighted by Gasteiger charge is 2.15. The zero-order valence-electron chi connectivity index (χ0n) is 10.6. The molecule has 0 fully saturated rings. The summed E-state index contributed by atoms with van der Waals surface area (Å²) in [5.74, 6) is -2.60. The van der Waals surface area contributed by atoms with Gasteiger partial charge in [0.2, 0.25) is 0 Å². The fourth-order valence-corrected chi connectivity index (χ4v) is 1.76. The van der Waals surface area contributed by atoms with E-state index in [-0.39, 0.29) is 21.9 Å². The Morgan fingerprint density at radius 3 is 2.29 bits per heavy atom. The number of aromatic hydroxyl groups is 1. The number of phenols is 1. The van der Waals surface area contributed by atoms with Gasteiger partial charge in [-0.05, 0) is 30.3 Å². The van der Waals surface area contributed by atoms with Gasteiger partial charge in [-0.3, -0.25) is 20.4 Å². The van der Waals surface area contributed by atoms with Crippen molar-refractivity contribution in [3.63, 3.8) is 0 Å². The van der Waals surface area contributed by atoms with Crippen LogP contribution in [-0.4, -0.2) is 16.9 Å². The molecule has 0 bridgehead atoms. The third kappa shape index (κ3) is 3.49. The standard InChI is InChI=1S/C14H10ClFN2O3/c15-8-5-6-12(19)10(7-8)14(21)18-17-13(20)9-3-1-2-4-11(9)16/h1-7,19H,(H,17,20)(H,18,21). The predicted molar refractivity (Wildman–Crippen MR) is 74.4 cm³/mol. The molecule has 3 N–H and O–H groups in total. The number of hydrogen-bond donors (Lipinski definition) is 3. The van der Waals surface area contributed by atoms with Gasteiger partial charge in [0.05, 0.1) is 11.1 Å². The van der Waals surface area contributed by atoms with Gasteiger partial charge in [-0.15, -0.1) is 0 Å². The van der Waals surface area contributed by atoms with Crippen molar-refractivity contribution in [3.8, 4) is 5.75 Å². The largest absolute Gasteiger partial charge is 0.507 e. The van der Waals surface area contributed by atoms with Crippen LogP contribution in [0.5, 0.6) is 5.75 Å². The first kappa shape index (κ1) is 14.8. The van der Waals surface area contributed by atoms with Crippen LogP contribution in [0.4, 0.5) is 4.39 Å². The van der Waals surface area contributed by atoms with Crippen LogP contribution in [0.3, 0.4) is 0 Å². The third-order valence-electron chi connectivity index (χ3n) is 2.61. The van der Waals surface area contributed by atoms with Crippen LogP contribution in [0.2, 0.25) is 5.02 Å². The van der Waals surface area contributed by atoms with Crippen molar-refractivity contribution in [2.24, 2.45) is 0 Å². The number of amides is 2. The second-order valence-electron chi connectivity index (χ2n) is 4.05. The van der Waals surface area contributed by atoms with Crippen molar-refractivity contribution in [3.05, 3.63) is 64.4 Å². The summed E-state index contributed by atoms with van der Waals surface area (Å²) in [5, 5.41) is 9.79. The van der Waals surface area contributed by atoms with Crippen molar-refractivity contribution in [2.45, 2.75) is 0 Å². The summed E-state index contributed by atoms with van der Waals surface area (Å²) in [6.45, 7) is 0. The minimum Gasteiger partial charge on any atom is -0.507 e. The summed E-state index contributed by atoms with van der Waals surface area (Å²) in [6, 6.07) is 9.22. The van der Waals surface area contributed by atoms with E-state index in [2.05, 4.69) is 10.9 Å². The van der Waals surface area contributed by atoms with Crippen LogP contribution < -0.4 is 10.9 Å². The zero-order chi connectivity index (χ0) is 15.4. The highest BCUT2D eigenvalue weighted by Crippen LogP contribution is 2.21. The first-order chi connectivity index (χ1) is 9.99. The van der Waals surface area contributed by atoms with E-state index >= 15 is 0 Å². The Morgan fingerprint density at radius 1 is 1.00 bits per heavy atom. The van der Waals surface area contributed by atoms with Crippen LogP contribution in [0.1, 0.15) is 20.7 Å². The molecule has 21 heavy (non-hydrogen) atoms. The molecule has 0 saturated carbocycles. The second kappa shape index (κ2) is 6.23. The van der Waals surface area contributed by atoms with Gasteiger partial charge >= 0.3 is 0 Å². The van der Waals surface area contributed by atoms with Gasteiger partial charge in [-0.2, -0.15) is 0 Å². The van der Waals surface area contributed by atoms with E-state index in [0.717, 1.165) is 6.07 Å². The number of benzene rings is 2. The molecule has 108 valence electrons. The molecule has 0 atom stereocenters. The maximum absolute atomic E-state index is 13.4. The lowest BCUT2D eigenvalue weighted by atomic mass is 10.2. The second-order valence-corrected chi connectivity index (χ2v) is 4.49. The van der Waals surface area contributed by atoms with Crippen molar-refractivity contribution < 1.29 is 19.1 Å². The first-order valence-corrected chi connectivity index (χ1v) is 6.20. The van der Waals surface area contributed by atoms with E-state index < -0.39 is 17.6 Å². The number of phenolic OH excluding ortho intramolecular Hbond substituents is 1. The van der Waals surface area contributed by atoms with Crippen LogP contribution >= 0.6 is 11.6 Å². The van der Waals surface area contributed by atoms with Crippen LogP contribution in [0, 0.1) is 5.82 Å². The van der Waals surface area contributed by atoms with E-state index in [1.807, 2.05) is 0 Å². The van der Waals surface area contributed by atoms with Gasteiger partial charge in [0, 0.05) is 5.02 Å². The Bertz CT molecular complexity index is 706. The average Bonchev–Trinajstić information content (AvgIpc) is 2.47. The van der Waals surface area contributed by atoms with Crippen molar-refractivity contribution in [2.75, 3.05) is 0 Å².